The first-order chi connectivity index (χ1) is 43.3. The minimum Gasteiger partial charge on any atom is -0.493 e. The molecule has 0 saturated heterocycles. The first kappa shape index (κ1) is 66.9. The van der Waals surface area contributed by atoms with Crippen LogP contribution in [-0.4, -0.2) is 131 Å². The number of ether oxygens (including phenoxy) is 4. The van der Waals surface area contributed by atoms with Crippen LogP contribution >= 0.6 is 0 Å². The van der Waals surface area contributed by atoms with Crippen LogP contribution < -0.4 is 18.9 Å². The molecule has 4 heterocycles. The second kappa shape index (κ2) is 27.5. The Bertz CT molecular complexity index is 3390. The minimum atomic E-state index is -1.04. The number of hydrogen-bond donors (Lipinski definition) is 4. The Balaban J connectivity index is 1.30. The zero-order chi connectivity index (χ0) is 66.5. The summed E-state index contributed by atoms with van der Waals surface area (Å²) >= 11 is 0. The molecule has 92 heavy (non-hydrogen) atoms. The lowest BCUT2D eigenvalue weighted by molar-refractivity contribution is -0.139. The highest BCUT2D eigenvalue weighted by Gasteiger charge is 2.30. The van der Waals surface area contributed by atoms with Gasteiger partial charge in [-0.1, -0.05) is 152 Å². The molecule has 488 valence electrons. The van der Waals surface area contributed by atoms with E-state index in [1.54, 1.807) is 24.8 Å². The third-order valence-corrected chi connectivity index (χ3v) is 15.9. The summed E-state index contributed by atoms with van der Waals surface area (Å²) in [5.74, 6) is -1.58. The number of carbonyl (C=O) groups is 4. The van der Waals surface area contributed by atoms with Crippen LogP contribution in [0.3, 0.4) is 0 Å². The molecule has 0 aliphatic heterocycles. The van der Waals surface area contributed by atoms with Crippen LogP contribution in [0.5, 0.6) is 23.0 Å². The van der Waals surface area contributed by atoms with Gasteiger partial charge < -0.3 is 39.4 Å². The maximum Gasteiger partial charge on any atom is 0.325 e. The standard InChI is InChI=1S/C68H84N12O12/c1-65(2,3)49-25-41-21-43-27-50(66(4,5)6)29-45(62(43)90-18-14-54-34-78(74-70-54)38-58(83)84)23-47-31-52(68(10,11)12)32-48(64(47)92-20-16-56-36-80(76-72-56)40-60(87)88)24-46-30-51(67(7,8)9)28-44(63(46)91-19-15-55-35-79(75-71-55)39-59(85)86)22-42(26-49)61(41)89-17-13-53-33-77(73-69-53)37-57(81)82/h25-36H,13-24,37-40H2,1-12H3,(H,81,82)(H,83,84)(H,85,86)(H,87,88). The van der Waals surface area contributed by atoms with E-state index in [1.807, 2.05) is 0 Å². The summed E-state index contributed by atoms with van der Waals surface area (Å²) in [5, 5.41) is 71.7. The monoisotopic (exact) mass is 1260 g/mol. The number of benzene rings is 4. The number of carboxylic acid groups (broad SMARTS) is 4. The van der Waals surface area contributed by atoms with Crippen LogP contribution in [0.4, 0.5) is 0 Å². The van der Waals surface area contributed by atoms with E-state index in [2.05, 4.69) is 173 Å². The second-order valence-electron chi connectivity index (χ2n) is 27.8. The predicted molar refractivity (Wildman–Crippen MR) is 339 cm³/mol. The maximum absolute atomic E-state index is 11.7. The number of carboxylic acids is 4. The van der Waals surface area contributed by atoms with Gasteiger partial charge in [0.05, 0.1) is 49.2 Å². The topological polar surface area (TPSA) is 309 Å². The van der Waals surface area contributed by atoms with Crippen LogP contribution in [0.1, 0.15) is 173 Å². The van der Waals surface area contributed by atoms with Crippen molar-refractivity contribution in [3.8, 4) is 23.0 Å². The van der Waals surface area contributed by atoms with Crippen molar-refractivity contribution in [2.24, 2.45) is 0 Å². The lowest BCUT2D eigenvalue weighted by atomic mass is 9.79. The Kier molecular flexibility index (Phi) is 20.0. The van der Waals surface area contributed by atoms with Gasteiger partial charge in [0.1, 0.15) is 49.2 Å². The van der Waals surface area contributed by atoms with Crippen molar-refractivity contribution in [2.75, 3.05) is 26.4 Å². The summed E-state index contributed by atoms with van der Waals surface area (Å²) in [6, 6.07) is 17.7. The average molecular weight is 1260 g/mol. The Labute approximate surface area is 534 Å². The van der Waals surface area contributed by atoms with E-state index in [0.717, 1.165) is 66.8 Å². The van der Waals surface area contributed by atoms with Crippen molar-refractivity contribution in [3.63, 3.8) is 0 Å². The number of rotatable bonds is 24. The molecule has 24 nitrogen and oxygen atoms in total. The summed E-state index contributed by atoms with van der Waals surface area (Å²) in [6.07, 6.45) is 9.05. The van der Waals surface area contributed by atoms with E-state index < -0.39 is 23.9 Å². The van der Waals surface area contributed by atoms with Gasteiger partial charge in [0.25, 0.3) is 0 Å². The lowest BCUT2D eigenvalue weighted by Gasteiger charge is -2.29. The van der Waals surface area contributed by atoms with Crippen LogP contribution in [-0.2, 0) is 118 Å². The second-order valence-corrected chi connectivity index (χ2v) is 27.8. The third-order valence-electron chi connectivity index (χ3n) is 15.9. The molecule has 0 saturated carbocycles. The highest BCUT2D eigenvalue weighted by atomic mass is 16.5. The van der Waals surface area contributed by atoms with Gasteiger partial charge in [-0.3, -0.25) is 19.2 Å². The van der Waals surface area contributed by atoms with Crippen molar-refractivity contribution < 1.29 is 58.6 Å². The molecule has 0 unspecified atom stereocenters. The Hall–Kier alpha value is -9.48. The predicted octanol–water partition coefficient (Wildman–Crippen LogP) is 8.74. The molecular formula is C68H84N12O12. The number of aromatic nitrogens is 12. The molecule has 4 aromatic carbocycles. The van der Waals surface area contributed by atoms with Crippen LogP contribution in [0.15, 0.2) is 73.3 Å². The Morgan fingerprint density at radius 1 is 0.337 bits per heavy atom. The zero-order valence-corrected chi connectivity index (χ0v) is 54.7. The Morgan fingerprint density at radius 2 is 0.511 bits per heavy atom. The summed E-state index contributed by atoms with van der Waals surface area (Å²) in [7, 11) is 0. The molecule has 0 radical (unpaired) electrons. The molecule has 8 aromatic rings. The molecular weight excluding hydrogens is 1180 g/mol. The normalized spacial score (nSPS) is 12.8. The van der Waals surface area contributed by atoms with E-state index in [0.29, 0.717) is 97.1 Å². The Morgan fingerprint density at radius 3 is 0.663 bits per heavy atom. The van der Waals surface area contributed by atoms with Crippen LogP contribution in [0.25, 0.3) is 0 Å². The highest BCUT2D eigenvalue weighted by molar-refractivity contribution is 5.67. The van der Waals surface area contributed by atoms with Crippen molar-refractivity contribution in [3.05, 3.63) is 163 Å². The van der Waals surface area contributed by atoms with Gasteiger partial charge in [-0.25, -0.2) is 18.7 Å². The molecule has 4 aromatic heterocycles. The minimum absolute atomic E-state index is 0.160. The zero-order valence-electron chi connectivity index (χ0n) is 54.7. The van der Waals surface area contributed by atoms with Crippen LogP contribution in [0, 0.1) is 0 Å². The molecule has 24 heteroatoms. The smallest absolute Gasteiger partial charge is 0.325 e. The first-order valence-electron chi connectivity index (χ1n) is 30.9. The summed E-state index contributed by atoms with van der Waals surface area (Å²) in [4.78, 5) is 46.7. The van der Waals surface area contributed by atoms with Crippen molar-refractivity contribution in [1.29, 1.82) is 0 Å². The largest absolute Gasteiger partial charge is 0.493 e. The molecule has 0 spiro atoms. The van der Waals surface area contributed by atoms with Gasteiger partial charge in [0.15, 0.2) is 0 Å². The SMILES string of the molecule is CC(C)(C)c1cc2c(OCCc3cn(CC(=O)O)nn3)c(c1)Cc1cc(C(C)(C)C)cc(c1OCCc1cn(CC(=O)O)nn1)Cc1cc(C(C)(C)C)cc(c1OCCc1cn(CC(=O)O)nn1)Cc1cc(C(C)(C)C)cc(c1OCCc1cn(CC(=O)O)nn1)C2. The van der Waals surface area contributed by atoms with E-state index >= 15 is 0 Å². The van der Waals surface area contributed by atoms with Gasteiger partial charge in [-0.15, -0.1) is 20.4 Å². The molecule has 0 amide bonds. The van der Waals surface area contributed by atoms with Crippen LogP contribution in [0.2, 0.25) is 0 Å². The average Bonchev–Trinajstić information content (AvgIpc) is 0.862. The quantitative estimate of drug-likeness (QED) is 0.0439. The fourth-order valence-electron chi connectivity index (χ4n) is 11.1. The summed E-state index contributed by atoms with van der Waals surface area (Å²) in [6.45, 7) is 25.5. The lowest BCUT2D eigenvalue weighted by Crippen LogP contribution is -2.18. The van der Waals surface area contributed by atoms with Gasteiger partial charge in [0.2, 0.25) is 0 Å². The molecule has 1 aliphatic carbocycles. The number of aliphatic carboxylic acids is 4. The fourth-order valence-corrected chi connectivity index (χ4v) is 11.1. The summed E-state index contributed by atoms with van der Waals surface area (Å²) < 4.78 is 33.8. The number of fused-ring (bicyclic) bond motifs is 8. The highest BCUT2D eigenvalue weighted by Crippen LogP contribution is 2.45. The fraction of sp³-hybridized carbons (Fsp3) is 0.471. The number of hydrogen-bond acceptors (Lipinski definition) is 16. The van der Waals surface area contributed by atoms with Crippen molar-refractivity contribution >= 4 is 23.9 Å². The van der Waals surface area contributed by atoms with E-state index in [-0.39, 0.29) is 74.3 Å². The molecule has 4 N–H and O–H groups in total. The van der Waals surface area contributed by atoms with Gasteiger partial charge in [0, 0.05) is 76.2 Å². The van der Waals surface area contributed by atoms with Crippen molar-refractivity contribution in [1.82, 2.24) is 60.0 Å². The molecule has 8 bridgehead atoms. The molecule has 1 aliphatic rings. The van der Waals surface area contributed by atoms with E-state index in [4.69, 9.17) is 18.9 Å². The summed E-state index contributed by atoms with van der Waals surface area (Å²) in [5.41, 5.74) is 12.1. The van der Waals surface area contributed by atoms with E-state index in [1.165, 1.54) is 18.7 Å². The van der Waals surface area contributed by atoms with Gasteiger partial charge in [-0.2, -0.15) is 0 Å². The molecule has 0 atom stereocenters. The molecule has 0 fully saturated rings. The van der Waals surface area contributed by atoms with Gasteiger partial charge >= 0.3 is 23.9 Å². The number of nitrogens with zero attached hydrogens (tertiary/aromatic N) is 12. The van der Waals surface area contributed by atoms with Crippen molar-refractivity contribution in [2.45, 2.75) is 182 Å². The maximum atomic E-state index is 11.7. The first-order valence-corrected chi connectivity index (χ1v) is 30.9. The van der Waals surface area contributed by atoms with E-state index in [9.17, 15) is 39.6 Å². The third kappa shape index (κ3) is 17.5. The van der Waals surface area contributed by atoms with Gasteiger partial charge in [-0.05, 0) is 88.4 Å². The molecule has 9 rings (SSSR count).